The number of nitriles is 1. The van der Waals surface area contributed by atoms with Gasteiger partial charge in [0.25, 0.3) is 0 Å². The number of amides is 1. The van der Waals surface area contributed by atoms with Gasteiger partial charge in [0.05, 0.1) is 30.8 Å². The molecule has 1 amide bonds. The summed E-state index contributed by atoms with van der Waals surface area (Å²) >= 11 is 0. The number of likely N-dealkylation sites (tertiary alicyclic amines) is 1. The number of fused-ring (bicyclic) bond motifs is 2. The van der Waals surface area contributed by atoms with Crippen molar-refractivity contribution in [2.45, 2.75) is 50.7 Å². The fourth-order valence-corrected chi connectivity index (χ4v) is 6.66. The molecule has 9 heteroatoms. The van der Waals surface area contributed by atoms with Crippen LogP contribution in [0.15, 0.2) is 55.1 Å². The Balaban J connectivity index is 1.32. The number of aromatic nitrogens is 2. The molecule has 0 unspecified atom stereocenters. The summed E-state index contributed by atoms with van der Waals surface area (Å²) in [6, 6.07) is 17.8. The summed E-state index contributed by atoms with van der Waals surface area (Å²) in [5, 5.41) is 12.0. The van der Waals surface area contributed by atoms with Gasteiger partial charge < -0.3 is 24.3 Å². The summed E-state index contributed by atoms with van der Waals surface area (Å²) in [5.74, 6) is 0.740. The lowest BCUT2D eigenvalue weighted by molar-refractivity contribution is -0.128. The Morgan fingerprint density at radius 2 is 1.93 bits per heavy atom. The number of nitrogens with zero attached hydrogens (tertiary/aromatic N) is 7. The standard InChI is InChI=1S/C33H39N7O2/c1-3-31(41)40-20-19-39(21-25(40)14-16-34)32-28-15-18-38(30-13-8-10-24-9-4-5-12-27(24)30)22-29(28)35-33(36-32)42-23-26-11-6-7-17-37(26)2/h3-5,8-10,12-13,25-26H,1,6-7,11,14-15,17-23H2,2H3/t25-,26+/m0/s1. The van der Waals surface area contributed by atoms with Crippen LogP contribution in [0.3, 0.4) is 0 Å². The Labute approximate surface area is 248 Å². The van der Waals surface area contributed by atoms with Gasteiger partial charge in [-0.05, 0) is 50.4 Å². The van der Waals surface area contributed by atoms with Gasteiger partial charge in [0.15, 0.2) is 0 Å². The molecule has 6 rings (SSSR count). The van der Waals surface area contributed by atoms with Crippen LogP contribution in [0.25, 0.3) is 10.8 Å². The largest absolute Gasteiger partial charge is 0.462 e. The van der Waals surface area contributed by atoms with Gasteiger partial charge >= 0.3 is 6.01 Å². The number of likely N-dealkylation sites (N-methyl/N-ethyl adjacent to an activating group) is 1. The van der Waals surface area contributed by atoms with Gasteiger partial charge in [-0.3, -0.25) is 4.79 Å². The van der Waals surface area contributed by atoms with Crippen LogP contribution in [0.2, 0.25) is 0 Å². The van der Waals surface area contributed by atoms with Crippen molar-refractivity contribution in [1.82, 2.24) is 19.8 Å². The Morgan fingerprint density at radius 3 is 2.76 bits per heavy atom. The fraction of sp³-hybridized carbons (Fsp3) is 0.455. The van der Waals surface area contributed by atoms with Gasteiger partial charge in [-0.15, -0.1) is 0 Å². The van der Waals surface area contributed by atoms with E-state index in [1.54, 1.807) is 4.90 Å². The van der Waals surface area contributed by atoms with Crippen molar-refractivity contribution >= 4 is 28.2 Å². The van der Waals surface area contributed by atoms with Crippen LogP contribution in [0.1, 0.15) is 36.9 Å². The molecule has 2 saturated heterocycles. The van der Waals surface area contributed by atoms with Gasteiger partial charge in [-0.25, -0.2) is 0 Å². The van der Waals surface area contributed by atoms with Gasteiger partial charge in [0.1, 0.15) is 12.4 Å². The van der Waals surface area contributed by atoms with Crippen molar-refractivity contribution in [3.05, 3.63) is 66.4 Å². The van der Waals surface area contributed by atoms with E-state index in [0.29, 0.717) is 44.8 Å². The van der Waals surface area contributed by atoms with Crippen molar-refractivity contribution in [3.63, 3.8) is 0 Å². The van der Waals surface area contributed by atoms with Gasteiger partial charge in [0.2, 0.25) is 5.91 Å². The molecule has 2 atom stereocenters. The molecule has 2 aromatic carbocycles. The molecule has 9 nitrogen and oxygen atoms in total. The van der Waals surface area contributed by atoms with E-state index < -0.39 is 0 Å². The van der Waals surface area contributed by atoms with Gasteiger partial charge in [-0.1, -0.05) is 49.4 Å². The molecule has 0 saturated carbocycles. The van der Waals surface area contributed by atoms with E-state index in [-0.39, 0.29) is 18.4 Å². The minimum atomic E-state index is -0.226. The maximum absolute atomic E-state index is 12.5. The first-order valence-electron chi connectivity index (χ1n) is 15.1. The van der Waals surface area contributed by atoms with E-state index in [0.717, 1.165) is 43.0 Å². The molecular weight excluding hydrogens is 526 g/mol. The lowest BCUT2D eigenvalue weighted by atomic mass is 10.0. The summed E-state index contributed by atoms with van der Waals surface area (Å²) < 4.78 is 6.34. The zero-order valence-corrected chi connectivity index (χ0v) is 24.4. The third kappa shape index (κ3) is 5.64. The molecule has 0 bridgehead atoms. The van der Waals surface area contributed by atoms with Crippen molar-refractivity contribution in [2.24, 2.45) is 0 Å². The molecular formula is C33H39N7O2. The van der Waals surface area contributed by atoms with Crippen molar-refractivity contribution in [2.75, 3.05) is 56.2 Å². The van der Waals surface area contributed by atoms with Crippen molar-refractivity contribution in [3.8, 4) is 12.1 Å². The van der Waals surface area contributed by atoms with Crippen LogP contribution in [-0.4, -0.2) is 84.1 Å². The smallest absolute Gasteiger partial charge is 0.318 e. The van der Waals surface area contributed by atoms with E-state index in [1.807, 2.05) is 0 Å². The Hall–Kier alpha value is -4.16. The zero-order chi connectivity index (χ0) is 29.1. The number of anilines is 2. The number of hydrogen-bond acceptors (Lipinski definition) is 8. The molecule has 42 heavy (non-hydrogen) atoms. The number of ether oxygens (including phenoxy) is 1. The zero-order valence-electron chi connectivity index (χ0n) is 24.4. The summed E-state index contributed by atoms with van der Waals surface area (Å²) in [4.78, 5) is 31.3. The van der Waals surface area contributed by atoms with Crippen LogP contribution in [0.4, 0.5) is 11.5 Å². The third-order valence-electron chi connectivity index (χ3n) is 9.02. The second-order valence-electron chi connectivity index (χ2n) is 11.6. The quantitative estimate of drug-likeness (QED) is 0.395. The number of carbonyl (C=O) groups is 1. The van der Waals surface area contributed by atoms with Crippen LogP contribution < -0.4 is 14.5 Å². The molecule has 0 spiro atoms. The van der Waals surface area contributed by atoms with Crippen LogP contribution in [0.5, 0.6) is 6.01 Å². The van der Waals surface area contributed by atoms with Crippen LogP contribution in [0, 0.1) is 11.3 Å². The average molecular weight is 566 g/mol. The van der Waals surface area contributed by atoms with E-state index in [1.165, 1.54) is 35.4 Å². The Morgan fingerprint density at radius 1 is 1.07 bits per heavy atom. The van der Waals surface area contributed by atoms with E-state index in [4.69, 9.17) is 14.7 Å². The molecule has 1 aromatic heterocycles. The first-order valence-corrected chi connectivity index (χ1v) is 15.1. The number of piperazine rings is 1. The molecule has 3 aliphatic rings. The minimum Gasteiger partial charge on any atom is -0.462 e. The number of rotatable bonds is 7. The maximum Gasteiger partial charge on any atom is 0.318 e. The highest BCUT2D eigenvalue weighted by Gasteiger charge is 2.33. The summed E-state index contributed by atoms with van der Waals surface area (Å²) in [7, 11) is 2.16. The fourth-order valence-electron chi connectivity index (χ4n) is 6.66. The molecule has 0 radical (unpaired) electrons. The number of benzene rings is 2. The van der Waals surface area contributed by atoms with Crippen molar-refractivity contribution in [1.29, 1.82) is 5.26 Å². The highest BCUT2D eigenvalue weighted by molar-refractivity contribution is 5.94. The topological polar surface area (TPSA) is 88.8 Å². The van der Waals surface area contributed by atoms with Gasteiger partial charge in [-0.2, -0.15) is 15.2 Å². The van der Waals surface area contributed by atoms with Crippen molar-refractivity contribution < 1.29 is 9.53 Å². The number of carbonyl (C=O) groups excluding carboxylic acids is 1. The summed E-state index contributed by atoms with van der Waals surface area (Å²) in [5.41, 5.74) is 3.32. The highest BCUT2D eigenvalue weighted by Crippen LogP contribution is 2.35. The normalized spacial score (nSPS) is 21.1. The van der Waals surface area contributed by atoms with Gasteiger partial charge in [0, 0.05) is 48.9 Å². The SMILES string of the molecule is C=CC(=O)N1CCN(c2nc(OC[C@H]3CCCCN3C)nc3c2CCN(c2cccc4ccccc24)C3)C[C@@H]1CC#N. The molecule has 0 aliphatic carbocycles. The second-order valence-corrected chi connectivity index (χ2v) is 11.6. The van der Waals surface area contributed by atoms with E-state index in [2.05, 4.69) is 76.9 Å². The average Bonchev–Trinajstić information content (AvgIpc) is 3.03. The highest BCUT2D eigenvalue weighted by atomic mass is 16.5. The molecule has 218 valence electrons. The molecule has 0 N–H and O–H groups in total. The summed E-state index contributed by atoms with van der Waals surface area (Å²) in [6.45, 7) is 8.49. The van der Waals surface area contributed by atoms with E-state index >= 15 is 0 Å². The Bertz CT molecular complexity index is 1500. The summed E-state index contributed by atoms with van der Waals surface area (Å²) in [6.07, 6.45) is 5.94. The number of piperidine rings is 1. The monoisotopic (exact) mass is 565 g/mol. The third-order valence-corrected chi connectivity index (χ3v) is 9.02. The number of hydrogen-bond donors (Lipinski definition) is 0. The minimum absolute atomic E-state index is 0.133. The van der Waals surface area contributed by atoms with Crippen LogP contribution in [-0.2, 0) is 17.8 Å². The molecule has 3 aliphatic heterocycles. The van der Waals surface area contributed by atoms with E-state index in [9.17, 15) is 10.1 Å². The Kier molecular flexibility index (Phi) is 8.24. The first-order chi connectivity index (χ1) is 20.6. The molecule has 3 aromatic rings. The lowest BCUT2D eigenvalue weighted by Gasteiger charge is -2.42. The predicted molar refractivity (Wildman–Crippen MR) is 165 cm³/mol. The van der Waals surface area contributed by atoms with Crippen LogP contribution >= 0.6 is 0 Å². The lowest BCUT2D eigenvalue weighted by Crippen LogP contribution is -2.55. The maximum atomic E-state index is 12.5. The molecule has 2 fully saturated rings. The molecule has 4 heterocycles. The predicted octanol–water partition coefficient (Wildman–Crippen LogP) is 4.17. The first kappa shape index (κ1) is 28.0. The second kappa shape index (κ2) is 12.4.